The molecular weight excluding hydrogens is 394 g/mol. The number of nitrogens with two attached hydrogens (primary N) is 1. The molecule has 1 aliphatic heterocycles. The van der Waals surface area contributed by atoms with Crippen LogP contribution in [-0.4, -0.2) is 34.9 Å². The average Bonchev–Trinajstić information content (AvgIpc) is 2.54. The molecule has 1 amide bonds. The molecule has 5 nitrogen and oxygen atoms in total. The number of nitrogens with one attached hydrogen (secondary N) is 1. The van der Waals surface area contributed by atoms with Gasteiger partial charge >= 0.3 is 0 Å². The van der Waals surface area contributed by atoms with Gasteiger partial charge in [0.05, 0.1) is 11.1 Å². The summed E-state index contributed by atoms with van der Waals surface area (Å²) in [7, 11) is 0. The van der Waals surface area contributed by atoms with E-state index in [4.69, 9.17) is 5.73 Å². The molecule has 3 rings (SSSR count). The van der Waals surface area contributed by atoms with E-state index in [9.17, 15) is 9.59 Å². The lowest BCUT2D eigenvalue weighted by atomic mass is 9.91. The number of para-hydroxylation sites is 1. The van der Waals surface area contributed by atoms with Crippen molar-refractivity contribution in [3.05, 3.63) is 44.7 Å². The maximum Gasteiger partial charge on any atom is 0.255 e. The fourth-order valence-corrected chi connectivity index (χ4v) is 3.78. The molecule has 1 aromatic carbocycles. The predicted octanol–water partition coefficient (Wildman–Crippen LogP) is 2.91. The highest BCUT2D eigenvalue weighted by molar-refractivity contribution is 9.10. The average molecular weight is 415 g/mol. The van der Waals surface area contributed by atoms with E-state index in [0.717, 1.165) is 22.7 Å². The van der Waals surface area contributed by atoms with Gasteiger partial charge in [0.15, 0.2) is 0 Å². The minimum atomic E-state index is -0.276. The van der Waals surface area contributed by atoms with Crippen molar-refractivity contribution < 1.29 is 4.79 Å². The van der Waals surface area contributed by atoms with Crippen LogP contribution in [0, 0.1) is 5.92 Å². The lowest BCUT2D eigenvalue weighted by Crippen LogP contribution is -2.49. The molecule has 1 saturated heterocycles. The molecule has 2 unspecified atom stereocenters. The van der Waals surface area contributed by atoms with E-state index >= 15 is 0 Å². The molecule has 0 radical (unpaired) electrons. The zero-order valence-corrected chi connectivity index (χ0v) is 15.8. The number of piperidine rings is 1. The van der Waals surface area contributed by atoms with Crippen molar-refractivity contribution in [1.29, 1.82) is 0 Å². The van der Waals surface area contributed by atoms with Crippen LogP contribution >= 0.6 is 28.3 Å². The molecular formula is C17H21BrClN3O2. The van der Waals surface area contributed by atoms with Gasteiger partial charge in [-0.15, -0.1) is 12.4 Å². The number of nitrogens with zero attached hydrogens (tertiary/aromatic N) is 1. The molecule has 7 heteroatoms. The minimum absolute atomic E-state index is 0. The van der Waals surface area contributed by atoms with E-state index in [1.165, 1.54) is 6.07 Å². The van der Waals surface area contributed by atoms with E-state index in [2.05, 4.69) is 27.8 Å². The number of carbonyl (C=O) groups is 1. The van der Waals surface area contributed by atoms with Crippen molar-refractivity contribution in [2.75, 3.05) is 13.1 Å². The monoisotopic (exact) mass is 413 g/mol. The minimum Gasteiger partial charge on any atom is -0.334 e. The Bertz CT molecular complexity index is 808. The van der Waals surface area contributed by atoms with E-state index in [1.54, 1.807) is 0 Å². The smallest absolute Gasteiger partial charge is 0.255 e. The van der Waals surface area contributed by atoms with E-state index in [0.29, 0.717) is 30.1 Å². The van der Waals surface area contributed by atoms with Gasteiger partial charge in [-0.1, -0.05) is 19.1 Å². The summed E-state index contributed by atoms with van der Waals surface area (Å²) < 4.78 is 0.768. The number of carbonyl (C=O) groups excluding carboxylic acids is 1. The van der Waals surface area contributed by atoms with Crippen LogP contribution in [0.2, 0.25) is 0 Å². The first-order valence-corrected chi connectivity index (χ1v) is 8.63. The third kappa shape index (κ3) is 3.50. The second kappa shape index (κ2) is 7.68. The lowest BCUT2D eigenvalue weighted by molar-refractivity contribution is 0.0575. The third-order valence-electron chi connectivity index (χ3n) is 4.57. The predicted molar refractivity (Wildman–Crippen MR) is 102 cm³/mol. The summed E-state index contributed by atoms with van der Waals surface area (Å²) in [5.74, 6) is 0.458. The number of H-pyrrole nitrogens is 1. The quantitative estimate of drug-likeness (QED) is 0.793. The first-order valence-electron chi connectivity index (χ1n) is 7.84. The molecule has 2 aromatic rings. The zero-order chi connectivity index (χ0) is 16.6. The summed E-state index contributed by atoms with van der Waals surface area (Å²) >= 11 is 3.43. The summed E-state index contributed by atoms with van der Waals surface area (Å²) in [5.41, 5.74) is 6.69. The lowest BCUT2D eigenvalue weighted by Gasteiger charge is -2.38. The van der Waals surface area contributed by atoms with Gasteiger partial charge in [0.25, 0.3) is 5.91 Å². The van der Waals surface area contributed by atoms with Crippen molar-refractivity contribution in [2.24, 2.45) is 11.7 Å². The molecule has 0 spiro atoms. The van der Waals surface area contributed by atoms with Crippen LogP contribution in [0.25, 0.3) is 10.9 Å². The Balaban J connectivity index is 0.00000208. The molecule has 0 saturated carbocycles. The maximum absolute atomic E-state index is 13.1. The van der Waals surface area contributed by atoms with E-state index in [-0.39, 0.29) is 29.9 Å². The highest BCUT2D eigenvalue weighted by Crippen LogP contribution is 2.27. The fourth-order valence-electron chi connectivity index (χ4n) is 3.32. The number of aromatic amines is 1. The first kappa shape index (κ1) is 19.0. The number of hydrogen-bond donors (Lipinski definition) is 2. The Morgan fingerprint density at radius 1 is 1.46 bits per heavy atom. The topological polar surface area (TPSA) is 79.2 Å². The van der Waals surface area contributed by atoms with E-state index in [1.807, 2.05) is 23.1 Å². The van der Waals surface area contributed by atoms with Gasteiger partial charge in [0.2, 0.25) is 5.56 Å². The van der Waals surface area contributed by atoms with Crippen LogP contribution in [0.5, 0.6) is 0 Å². The van der Waals surface area contributed by atoms with Gasteiger partial charge in [-0.2, -0.15) is 0 Å². The standard InChI is InChI=1S/C17H20BrN3O2.ClH/c1-10-5-6-21(11(7-10)9-19)17(23)13-8-15(22)20-16-12(13)3-2-4-14(16)18;/h2-4,8,10-11H,5-7,9,19H2,1H3,(H,20,22);1H. The first-order chi connectivity index (χ1) is 11.0. The van der Waals surface area contributed by atoms with Crippen molar-refractivity contribution in [1.82, 2.24) is 9.88 Å². The fraction of sp³-hybridized carbons (Fsp3) is 0.412. The molecule has 2 atom stereocenters. The Morgan fingerprint density at radius 3 is 2.92 bits per heavy atom. The number of aromatic nitrogens is 1. The van der Waals surface area contributed by atoms with Gasteiger partial charge in [-0.25, -0.2) is 0 Å². The van der Waals surface area contributed by atoms with Crippen LogP contribution in [0.3, 0.4) is 0 Å². The highest BCUT2D eigenvalue weighted by Gasteiger charge is 2.30. The number of rotatable bonds is 2. The van der Waals surface area contributed by atoms with Crippen molar-refractivity contribution >= 4 is 45.1 Å². The SMILES string of the molecule is CC1CCN(C(=O)c2cc(=O)[nH]c3c(Br)cccc23)C(CN)C1.Cl. The van der Waals surface area contributed by atoms with Gasteiger partial charge in [0.1, 0.15) is 0 Å². The molecule has 0 bridgehead atoms. The number of amides is 1. The molecule has 1 aromatic heterocycles. The molecule has 130 valence electrons. The summed E-state index contributed by atoms with van der Waals surface area (Å²) in [6.07, 6.45) is 1.88. The third-order valence-corrected chi connectivity index (χ3v) is 5.23. The molecule has 2 heterocycles. The van der Waals surface area contributed by atoms with E-state index < -0.39 is 0 Å². The molecule has 0 aliphatic carbocycles. The van der Waals surface area contributed by atoms with Crippen LogP contribution in [-0.2, 0) is 0 Å². The Hall–Kier alpha value is -1.37. The zero-order valence-electron chi connectivity index (χ0n) is 13.4. The normalized spacial score (nSPS) is 20.7. The number of fused-ring (bicyclic) bond motifs is 1. The maximum atomic E-state index is 13.1. The summed E-state index contributed by atoms with van der Waals surface area (Å²) in [6, 6.07) is 6.99. The number of pyridine rings is 1. The van der Waals surface area contributed by atoms with Crippen LogP contribution < -0.4 is 11.3 Å². The summed E-state index contributed by atoms with van der Waals surface area (Å²) in [6.45, 7) is 3.31. The molecule has 1 aliphatic rings. The second-order valence-electron chi connectivity index (χ2n) is 6.23. The van der Waals surface area contributed by atoms with Gasteiger partial charge in [-0.05, 0) is 40.8 Å². The number of benzene rings is 1. The number of halogens is 2. The van der Waals surface area contributed by atoms with Gasteiger partial charge < -0.3 is 15.6 Å². The van der Waals surface area contributed by atoms with Crippen molar-refractivity contribution in [2.45, 2.75) is 25.8 Å². The largest absolute Gasteiger partial charge is 0.334 e. The second-order valence-corrected chi connectivity index (χ2v) is 7.08. The Morgan fingerprint density at radius 2 is 2.21 bits per heavy atom. The highest BCUT2D eigenvalue weighted by atomic mass is 79.9. The van der Waals surface area contributed by atoms with Gasteiger partial charge in [-0.3, -0.25) is 9.59 Å². The van der Waals surface area contributed by atoms with Gasteiger partial charge in [0, 0.05) is 35.1 Å². The summed E-state index contributed by atoms with van der Waals surface area (Å²) in [4.78, 5) is 29.6. The van der Waals surface area contributed by atoms with Crippen LogP contribution in [0.1, 0.15) is 30.1 Å². The molecule has 24 heavy (non-hydrogen) atoms. The van der Waals surface area contributed by atoms with Crippen molar-refractivity contribution in [3.8, 4) is 0 Å². The Labute approximate surface area is 155 Å². The Kier molecular flexibility index (Phi) is 6.06. The number of hydrogen-bond acceptors (Lipinski definition) is 3. The van der Waals surface area contributed by atoms with Crippen LogP contribution in [0.15, 0.2) is 33.5 Å². The van der Waals surface area contributed by atoms with Crippen LogP contribution in [0.4, 0.5) is 0 Å². The molecule has 1 fully saturated rings. The summed E-state index contributed by atoms with van der Waals surface area (Å²) in [5, 5.41) is 0.748. The number of likely N-dealkylation sites (tertiary alicyclic amines) is 1. The molecule has 3 N–H and O–H groups in total. The van der Waals surface area contributed by atoms with Crippen molar-refractivity contribution in [3.63, 3.8) is 0 Å².